The Hall–Kier alpha value is -5.74. The van der Waals surface area contributed by atoms with E-state index in [1.165, 1.54) is 33.4 Å². The van der Waals surface area contributed by atoms with Crippen LogP contribution in [0.4, 0.5) is 11.4 Å². The molecule has 4 heteroatoms. The molecule has 1 heterocycles. The Morgan fingerprint density at radius 3 is 2.19 bits per heavy atom. The lowest BCUT2D eigenvalue weighted by molar-refractivity contribution is 0.412. The van der Waals surface area contributed by atoms with Crippen molar-refractivity contribution in [2.45, 2.75) is 20.8 Å². The molecule has 4 nitrogen and oxygen atoms in total. The van der Waals surface area contributed by atoms with E-state index in [1.54, 1.807) is 7.11 Å². The Bertz CT molecular complexity index is 2240. The van der Waals surface area contributed by atoms with Gasteiger partial charge in [-0.3, -0.25) is 0 Å². The lowest BCUT2D eigenvalue weighted by atomic mass is 9.67. The smallest absolute Gasteiger partial charge is 0.135 e. The zero-order chi connectivity index (χ0) is 33.0. The van der Waals surface area contributed by atoms with Gasteiger partial charge in [0.25, 0.3) is 0 Å². The number of azo groups is 1. The molecule has 9 rings (SSSR count). The van der Waals surface area contributed by atoms with Gasteiger partial charge >= 0.3 is 0 Å². The fraction of sp³-hybridized carbons (Fsp3) is 0.136. The molecule has 1 aromatic heterocycles. The Balaban J connectivity index is 0.000000114. The highest BCUT2D eigenvalue weighted by Gasteiger charge is 2.33. The Morgan fingerprint density at radius 2 is 1.40 bits per heavy atom. The van der Waals surface area contributed by atoms with Gasteiger partial charge in [-0.15, -0.1) is 0 Å². The van der Waals surface area contributed by atoms with E-state index in [2.05, 4.69) is 84.8 Å². The lowest BCUT2D eigenvalue weighted by Crippen LogP contribution is -2.23. The van der Waals surface area contributed by atoms with Gasteiger partial charge in [-0.1, -0.05) is 116 Å². The molecule has 0 N–H and O–H groups in total. The van der Waals surface area contributed by atoms with Crippen molar-refractivity contribution in [3.05, 3.63) is 185 Å². The Morgan fingerprint density at radius 1 is 0.667 bits per heavy atom. The third-order valence-electron chi connectivity index (χ3n) is 9.09. The zero-order valence-corrected chi connectivity index (χ0v) is 27.7. The number of fused-ring (bicyclic) bond motifs is 3. The van der Waals surface area contributed by atoms with Crippen molar-refractivity contribution >= 4 is 33.3 Å². The number of para-hydroxylation sites is 1. The number of rotatable bonds is 3. The summed E-state index contributed by atoms with van der Waals surface area (Å²) >= 11 is 0. The van der Waals surface area contributed by atoms with Crippen molar-refractivity contribution in [3.8, 4) is 5.75 Å². The molecular weight excluding hydrogens is 588 g/mol. The molecule has 236 valence electrons. The first kappa shape index (κ1) is 30.9. The van der Waals surface area contributed by atoms with Crippen LogP contribution in [0.25, 0.3) is 21.9 Å². The second-order valence-corrected chi connectivity index (χ2v) is 12.4. The van der Waals surface area contributed by atoms with Gasteiger partial charge in [0.2, 0.25) is 0 Å². The summed E-state index contributed by atoms with van der Waals surface area (Å²) in [4.78, 5) is 0. The van der Waals surface area contributed by atoms with Crippen LogP contribution in [0.1, 0.15) is 18.1 Å². The van der Waals surface area contributed by atoms with E-state index < -0.39 is 0 Å². The van der Waals surface area contributed by atoms with E-state index in [0.717, 1.165) is 44.6 Å². The van der Waals surface area contributed by atoms with Crippen molar-refractivity contribution in [2.75, 3.05) is 7.11 Å². The third-order valence-corrected chi connectivity index (χ3v) is 9.09. The molecule has 2 unspecified atom stereocenters. The van der Waals surface area contributed by atoms with E-state index in [-0.39, 0.29) is 0 Å². The fourth-order valence-electron chi connectivity index (χ4n) is 6.53. The molecule has 4 aliphatic carbocycles. The average molecular weight is 627 g/mol. The molecule has 48 heavy (non-hydrogen) atoms. The van der Waals surface area contributed by atoms with Crippen LogP contribution in [0, 0.1) is 25.7 Å². The fourth-order valence-corrected chi connectivity index (χ4v) is 6.53. The predicted molar refractivity (Wildman–Crippen MR) is 198 cm³/mol. The topological polar surface area (TPSA) is 47.1 Å². The van der Waals surface area contributed by atoms with Crippen LogP contribution in [0.15, 0.2) is 188 Å². The Labute approximate surface area is 282 Å². The second kappa shape index (κ2) is 13.5. The number of nitrogens with zero attached hydrogens (tertiary/aromatic N) is 2. The number of benzene rings is 4. The summed E-state index contributed by atoms with van der Waals surface area (Å²) in [5.74, 6) is 1.94. The standard InChI is InChI=1S/C17H14.C14H12O2.C13H12N2/c1-11-5-6-14-8-7-12-3-2-4-13-9-10-15(11)17(14)16(12)13;1-9-7-14-11(8-13(9)15-2)10-5-3-4-6-12(10)16-14;1-11-7-9-13(10-8-11)15-14-12-5-3-2-4-6-12/h2-11,16H,1H3;3-8H,1-2H3;2-10H,1H3. The first-order valence-corrected chi connectivity index (χ1v) is 16.4. The van der Waals surface area contributed by atoms with Crippen molar-refractivity contribution < 1.29 is 9.15 Å². The molecule has 0 saturated heterocycles. The van der Waals surface area contributed by atoms with E-state index in [0.29, 0.717) is 11.8 Å². The second-order valence-electron chi connectivity index (χ2n) is 12.4. The van der Waals surface area contributed by atoms with Crippen LogP contribution < -0.4 is 4.74 Å². The minimum absolute atomic E-state index is 0.493. The maximum atomic E-state index is 5.78. The molecule has 2 atom stereocenters. The van der Waals surface area contributed by atoms with Crippen LogP contribution in [0.2, 0.25) is 0 Å². The number of aryl methyl sites for hydroxylation is 2. The Kier molecular flexibility index (Phi) is 8.72. The van der Waals surface area contributed by atoms with E-state index >= 15 is 0 Å². The molecule has 0 radical (unpaired) electrons. The summed E-state index contributed by atoms with van der Waals surface area (Å²) in [7, 11) is 1.69. The van der Waals surface area contributed by atoms with E-state index in [4.69, 9.17) is 9.15 Å². The monoisotopic (exact) mass is 626 g/mol. The van der Waals surface area contributed by atoms with Crippen molar-refractivity contribution in [1.29, 1.82) is 0 Å². The number of ether oxygens (including phenoxy) is 1. The van der Waals surface area contributed by atoms with E-state index in [9.17, 15) is 0 Å². The molecule has 0 bridgehead atoms. The third kappa shape index (κ3) is 6.30. The highest BCUT2D eigenvalue weighted by molar-refractivity contribution is 6.05. The summed E-state index contributed by atoms with van der Waals surface area (Å²) in [5.41, 5.74) is 13.2. The highest BCUT2D eigenvalue weighted by Crippen LogP contribution is 2.47. The van der Waals surface area contributed by atoms with Crippen molar-refractivity contribution in [1.82, 2.24) is 0 Å². The molecule has 0 spiro atoms. The predicted octanol–water partition coefficient (Wildman–Crippen LogP) is 12.4. The van der Waals surface area contributed by atoms with Crippen LogP contribution in [-0.4, -0.2) is 7.11 Å². The van der Waals surface area contributed by atoms with Crippen LogP contribution >= 0.6 is 0 Å². The molecular formula is C44H38N2O2. The van der Waals surface area contributed by atoms with Gasteiger partial charge in [0.1, 0.15) is 16.9 Å². The van der Waals surface area contributed by atoms with Gasteiger partial charge in [0.05, 0.1) is 18.5 Å². The summed E-state index contributed by atoms with van der Waals surface area (Å²) in [6, 6.07) is 29.8. The summed E-state index contributed by atoms with van der Waals surface area (Å²) in [6.07, 6.45) is 20.4. The number of allylic oxidation sites excluding steroid dienone is 14. The van der Waals surface area contributed by atoms with Gasteiger partial charge in [-0.25, -0.2) is 0 Å². The average Bonchev–Trinajstić information content (AvgIpc) is 3.49. The lowest BCUT2D eigenvalue weighted by Gasteiger charge is -2.36. The molecule has 5 aromatic rings. The number of hydrogen-bond acceptors (Lipinski definition) is 4. The van der Waals surface area contributed by atoms with Crippen LogP contribution in [-0.2, 0) is 0 Å². The van der Waals surface area contributed by atoms with Crippen LogP contribution in [0.3, 0.4) is 0 Å². The minimum Gasteiger partial charge on any atom is -0.496 e. The van der Waals surface area contributed by atoms with Crippen molar-refractivity contribution in [2.24, 2.45) is 22.1 Å². The van der Waals surface area contributed by atoms with Gasteiger partial charge in [-0.2, -0.15) is 10.2 Å². The molecule has 0 aliphatic heterocycles. The first-order valence-electron chi connectivity index (χ1n) is 16.4. The van der Waals surface area contributed by atoms with Crippen LogP contribution in [0.5, 0.6) is 5.75 Å². The number of methoxy groups -OCH3 is 1. The quantitative estimate of drug-likeness (QED) is 0.187. The molecule has 4 aromatic carbocycles. The zero-order valence-electron chi connectivity index (χ0n) is 27.7. The normalized spacial score (nSPS) is 18.4. The van der Waals surface area contributed by atoms with Gasteiger partial charge in [0, 0.05) is 16.7 Å². The number of furan rings is 1. The van der Waals surface area contributed by atoms with E-state index in [1.807, 2.05) is 91.9 Å². The first-order chi connectivity index (χ1) is 23.5. The molecule has 0 fully saturated rings. The largest absolute Gasteiger partial charge is 0.496 e. The van der Waals surface area contributed by atoms with Crippen molar-refractivity contribution in [3.63, 3.8) is 0 Å². The summed E-state index contributed by atoms with van der Waals surface area (Å²) in [6.45, 7) is 6.36. The maximum absolute atomic E-state index is 5.78. The van der Waals surface area contributed by atoms with Gasteiger partial charge in [0.15, 0.2) is 0 Å². The number of hydrogen-bond donors (Lipinski definition) is 0. The van der Waals surface area contributed by atoms with Gasteiger partial charge < -0.3 is 9.15 Å². The highest BCUT2D eigenvalue weighted by atomic mass is 16.5. The minimum atomic E-state index is 0.493. The molecule has 0 saturated carbocycles. The summed E-state index contributed by atoms with van der Waals surface area (Å²) < 4.78 is 11.1. The SMILES string of the molecule is CC1C=CC2=C3C1=CC=C1C=CC=C(C=C2)C13.COc1cc2c(cc1C)oc1ccccc12.Cc1ccc(N=Nc2ccccc2)cc1. The maximum Gasteiger partial charge on any atom is 0.135 e. The summed E-state index contributed by atoms with van der Waals surface area (Å²) in [5, 5.41) is 10.5. The molecule has 4 aliphatic rings. The van der Waals surface area contributed by atoms with Gasteiger partial charge in [-0.05, 0) is 95.7 Å². The molecule has 0 amide bonds.